The van der Waals surface area contributed by atoms with Crippen molar-refractivity contribution in [2.45, 2.75) is 0 Å². The number of pyridine rings is 2. The Kier molecular flexibility index (Phi) is 1.40. The van der Waals surface area contributed by atoms with Crippen LogP contribution in [0.15, 0.2) is 24.5 Å². The molecular weight excluding hydrogens is 159 g/mol. The van der Waals surface area contributed by atoms with Crippen molar-refractivity contribution < 1.29 is 9.50 Å². The normalized spacial score (nSPS) is 10.4. The number of aromatic nitrogens is 2. The van der Waals surface area contributed by atoms with E-state index in [2.05, 4.69) is 9.97 Å². The minimum Gasteiger partial charge on any atom is -0.504 e. The topological polar surface area (TPSA) is 46.0 Å². The third-order valence-electron chi connectivity index (χ3n) is 1.57. The molecule has 2 rings (SSSR count). The van der Waals surface area contributed by atoms with Gasteiger partial charge >= 0.3 is 0 Å². The van der Waals surface area contributed by atoms with Gasteiger partial charge in [-0.2, -0.15) is 0 Å². The van der Waals surface area contributed by atoms with Crippen LogP contribution in [-0.4, -0.2) is 15.1 Å². The first-order chi connectivity index (χ1) is 5.79. The van der Waals surface area contributed by atoms with Crippen molar-refractivity contribution in [2.75, 3.05) is 0 Å². The summed E-state index contributed by atoms with van der Waals surface area (Å²) in [5, 5.41) is 9.53. The van der Waals surface area contributed by atoms with E-state index < -0.39 is 11.6 Å². The van der Waals surface area contributed by atoms with Crippen molar-refractivity contribution >= 4 is 11.0 Å². The molecule has 0 saturated carbocycles. The van der Waals surface area contributed by atoms with E-state index in [0.717, 1.165) is 6.20 Å². The zero-order valence-corrected chi connectivity index (χ0v) is 6.03. The summed E-state index contributed by atoms with van der Waals surface area (Å²) >= 11 is 0. The second kappa shape index (κ2) is 2.41. The predicted octanol–water partition coefficient (Wildman–Crippen LogP) is 1.47. The van der Waals surface area contributed by atoms with Gasteiger partial charge in [0.1, 0.15) is 0 Å². The summed E-state index contributed by atoms with van der Waals surface area (Å²) in [6, 6.07) is 3.18. The second-order valence-electron chi connectivity index (χ2n) is 2.33. The van der Waals surface area contributed by atoms with Crippen LogP contribution in [0.25, 0.3) is 11.0 Å². The zero-order chi connectivity index (χ0) is 8.55. The molecule has 0 atom stereocenters. The number of halogens is 1. The standard InChI is InChI=1S/C8H5FN2O/c9-6-4-11-8-5(7(6)12)2-1-3-10-8/h1-4H,(H,10,11,12). The number of hydrogen-bond donors (Lipinski definition) is 1. The van der Waals surface area contributed by atoms with E-state index >= 15 is 0 Å². The minimum atomic E-state index is -0.726. The van der Waals surface area contributed by atoms with E-state index in [0.29, 0.717) is 11.0 Å². The van der Waals surface area contributed by atoms with Crippen LogP contribution in [0.1, 0.15) is 0 Å². The van der Waals surface area contributed by atoms with E-state index in [1.165, 1.54) is 6.20 Å². The number of rotatable bonds is 0. The maximum Gasteiger partial charge on any atom is 0.183 e. The molecule has 2 aromatic heterocycles. The van der Waals surface area contributed by atoms with E-state index in [4.69, 9.17) is 0 Å². The summed E-state index contributed by atoms with van der Waals surface area (Å²) in [6.07, 6.45) is 2.48. The molecule has 0 aliphatic heterocycles. The summed E-state index contributed by atoms with van der Waals surface area (Å²) in [5.41, 5.74) is 0.344. The monoisotopic (exact) mass is 164 g/mol. The fraction of sp³-hybridized carbons (Fsp3) is 0. The molecule has 4 heteroatoms. The summed E-state index contributed by atoms with van der Waals surface area (Å²) in [5.74, 6) is -1.12. The van der Waals surface area contributed by atoms with Crippen molar-refractivity contribution in [1.82, 2.24) is 9.97 Å². The summed E-state index contributed by atoms with van der Waals surface area (Å²) in [6.45, 7) is 0. The molecular formula is C8H5FN2O. The van der Waals surface area contributed by atoms with Crippen LogP contribution in [-0.2, 0) is 0 Å². The highest BCUT2D eigenvalue weighted by molar-refractivity contribution is 5.81. The first-order valence-electron chi connectivity index (χ1n) is 3.37. The van der Waals surface area contributed by atoms with E-state index in [-0.39, 0.29) is 0 Å². The van der Waals surface area contributed by atoms with Crippen molar-refractivity contribution in [2.24, 2.45) is 0 Å². The largest absolute Gasteiger partial charge is 0.504 e. The third kappa shape index (κ3) is 0.887. The molecule has 1 N–H and O–H groups in total. The average Bonchev–Trinajstić information content (AvgIpc) is 2.12. The first-order valence-corrected chi connectivity index (χ1v) is 3.37. The van der Waals surface area contributed by atoms with Crippen LogP contribution in [0.5, 0.6) is 5.75 Å². The maximum absolute atomic E-state index is 12.7. The van der Waals surface area contributed by atoms with Crippen molar-refractivity contribution in [3.8, 4) is 5.75 Å². The van der Waals surface area contributed by atoms with Crippen molar-refractivity contribution in [3.05, 3.63) is 30.3 Å². The van der Waals surface area contributed by atoms with Gasteiger partial charge in [0, 0.05) is 6.20 Å². The number of fused-ring (bicyclic) bond motifs is 1. The lowest BCUT2D eigenvalue weighted by Crippen LogP contribution is -1.85. The molecule has 0 radical (unpaired) electrons. The molecule has 2 aromatic rings. The Morgan fingerprint density at radius 1 is 1.33 bits per heavy atom. The molecule has 0 aromatic carbocycles. The molecule has 0 fully saturated rings. The highest BCUT2D eigenvalue weighted by Gasteiger charge is 2.05. The smallest absolute Gasteiger partial charge is 0.183 e. The molecule has 12 heavy (non-hydrogen) atoms. The quantitative estimate of drug-likeness (QED) is 0.641. The molecule has 0 saturated heterocycles. The molecule has 2 heterocycles. The Morgan fingerprint density at radius 2 is 2.17 bits per heavy atom. The molecule has 0 bridgehead atoms. The number of hydrogen-bond acceptors (Lipinski definition) is 3. The average molecular weight is 164 g/mol. The molecule has 0 aliphatic carbocycles. The van der Waals surface area contributed by atoms with Crippen LogP contribution in [0.3, 0.4) is 0 Å². The second-order valence-corrected chi connectivity index (χ2v) is 2.33. The molecule has 0 amide bonds. The Balaban J connectivity index is 2.91. The fourth-order valence-corrected chi connectivity index (χ4v) is 0.992. The Morgan fingerprint density at radius 3 is 3.00 bits per heavy atom. The summed E-state index contributed by atoms with van der Waals surface area (Å²) in [4.78, 5) is 7.54. The van der Waals surface area contributed by atoms with Crippen LogP contribution in [0.2, 0.25) is 0 Å². The van der Waals surface area contributed by atoms with Crippen LogP contribution in [0, 0.1) is 5.82 Å². The van der Waals surface area contributed by atoms with Gasteiger partial charge in [0.2, 0.25) is 0 Å². The van der Waals surface area contributed by atoms with Gasteiger partial charge in [-0.3, -0.25) is 0 Å². The van der Waals surface area contributed by atoms with Crippen molar-refractivity contribution in [1.29, 1.82) is 0 Å². The Hall–Kier alpha value is -1.71. The highest BCUT2D eigenvalue weighted by Crippen LogP contribution is 2.23. The zero-order valence-electron chi connectivity index (χ0n) is 6.03. The van der Waals surface area contributed by atoms with E-state index in [1.807, 2.05) is 0 Å². The Labute approximate surface area is 67.5 Å². The fourth-order valence-electron chi connectivity index (χ4n) is 0.992. The van der Waals surface area contributed by atoms with Gasteiger partial charge in [-0.1, -0.05) is 0 Å². The highest BCUT2D eigenvalue weighted by atomic mass is 19.1. The van der Waals surface area contributed by atoms with Crippen LogP contribution < -0.4 is 0 Å². The minimum absolute atomic E-state index is 0.331. The van der Waals surface area contributed by atoms with Crippen molar-refractivity contribution in [3.63, 3.8) is 0 Å². The maximum atomic E-state index is 12.7. The lowest BCUT2D eigenvalue weighted by molar-refractivity contribution is 0.437. The predicted molar refractivity (Wildman–Crippen MR) is 41.2 cm³/mol. The SMILES string of the molecule is Oc1c(F)cnc2ncccc12. The van der Waals surface area contributed by atoms with Gasteiger partial charge in [0.25, 0.3) is 0 Å². The van der Waals surface area contributed by atoms with Gasteiger partial charge in [0.05, 0.1) is 11.6 Å². The Bertz CT molecular complexity index is 430. The van der Waals surface area contributed by atoms with Gasteiger partial charge in [-0.05, 0) is 12.1 Å². The van der Waals surface area contributed by atoms with Crippen LogP contribution >= 0.6 is 0 Å². The van der Waals surface area contributed by atoms with Gasteiger partial charge in [-0.25, -0.2) is 14.4 Å². The molecule has 60 valence electrons. The molecule has 0 unspecified atom stereocenters. The lowest BCUT2D eigenvalue weighted by atomic mass is 10.2. The first kappa shape index (κ1) is 6.97. The van der Waals surface area contributed by atoms with Crippen LogP contribution in [0.4, 0.5) is 4.39 Å². The molecule has 0 aliphatic rings. The molecule has 0 spiro atoms. The lowest BCUT2D eigenvalue weighted by Gasteiger charge is -1.98. The number of nitrogens with zero attached hydrogens (tertiary/aromatic N) is 2. The summed E-state index contributed by atoms with van der Waals surface area (Å²) in [7, 11) is 0. The molecule has 3 nitrogen and oxygen atoms in total. The van der Waals surface area contributed by atoms with Gasteiger partial charge < -0.3 is 5.11 Å². The van der Waals surface area contributed by atoms with E-state index in [1.54, 1.807) is 12.1 Å². The van der Waals surface area contributed by atoms with Gasteiger partial charge in [-0.15, -0.1) is 0 Å². The number of aromatic hydroxyl groups is 1. The third-order valence-corrected chi connectivity index (χ3v) is 1.57. The van der Waals surface area contributed by atoms with Gasteiger partial charge in [0.15, 0.2) is 17.2 Å². The van der Waals surface area contributed by atoms with E-state index in [9.17, 15) is 9.50 Å². The summed E-state index contributed by atoms with van der Waals surface area (Å²) < 4.78 is 12.7.